The van der Waals surface area contributed by atoms with Crippen molar-refractivity contribution in [2.75, 3.05) is 44.7 Å². The second-order valence-corrected chi connectivity index (χ2v) is 9.53. The SMILES string of the molecule is CS(=O)(=O)CCN1CCN(C(=O)CCCc2ccc(Cl)c(Cl)c2)CC1. The number of benzene rings is 1. The summed E-state index contributed by atoms with van der Waals surface area (Å²) >= 11 is 11.9. The summed E-state index contributed by atoms with van der Waals surface area (Å²) in [6, 6.07) is 5.55. The van der Waals surface area contributed by atoms with Gasteiger partial charge in [-0.3, -0.25) is 9.69 Å². The second kappa shape index (κ2) is 9.21. The summed E-state index contributed by atoms with van der Waals surface area (Å²) < 4.78 is 22.4. The van der Waals surface area contributed by atoms with Crippen LogP contribution in [0.2, 0.25) is 10.0 Å². The molecule has 0 atom stereocenters. The molecule has 0 saturated carbocycles. The molecule has 0 N–H and O–H groups in total. The van der Waals surface area contributed by atoms with Crippen molar-refractivity contribution in [2.24, 2.45) is 0 Å². The molecule has 0 unspecified atom stereocenters. The Morgan fingerprint density at radius 1 is 1.12 bits per heavy atom. The monoisotopic (exact) mass is 406 g/mol. The lowest BCUT2D eigenvalue weighted by Gasteiger charge is -2.34. The highest BCUT2D eigenvalue weighted by Crippen LogP contribution is 2.23. The highest BCUT2D eigenvalue weighted by Gasteiger charge is 2.21. The van der Waals surface area contributed by atoms with E-state index in [1.54, 1.807) is 6.07 Å². The van der Waals surface area contributed by atoms with Gasteiger partial charge in [-0.05, 0) is 30.5 Å². The molecule has 1 aliphatic heterocycles. The van der Waals surface area contributed by atoms with Gasteiger partial charge in [-0.15, -0.1) is 0 Å². The number of amides is 1. The van der Waals surface area contributed by atoms with Crippen LogP contribution in [0.15, 0.2) is 18.2 Å². The van der Waals surface area contributed by atoms with Gasteiger partial charge in [-0.2, -0.15) is 0 Å². The van der Waals surface area contributed by atoms with Crippen LogP contribution in [0.5, 0.6) is 0 Å². The van der Waals surface area contributed by atoms with Crippen molar-refractivity contribution >= 4 is 38.9 Å². The quantitative estimate of drug-likeness (QED) is 0.697. The molecule has 5 nitrogen and oxygen atoms in total. The third kappa shape index (κ3) is 7.13. The van der Waals surface area contributed by atoms with E-state index in [1.165, 1.54) is 6.26 Å². The summed E-state index contributed by atoms with van der Waals surface area (Å²) in [5.41, 5.74) is 1.08. The van der Waals surface area contributed by atoms with Crippen molar-refractivity contribution in [3.8, 4) is 0 Å². The molecule has 8 heteroatoms. The maximum atomic E-state index is 12.3. The van der Waals surface area contributed by atoms with E-state index >= 15 is 0 Å². The molecule has 1 aliphatic rings. The van der Waals surface area contributed by atoms with Gasteiger partial charge in [0.15, 0.2) is 0 Å². The Morgan fingerprint density at radius 2 is 1.80 bits per heavy atom. The zero-order valence-corrected chi connectivity index (χ0v) is 16.7. The molecule has 0 spiro atoms. The summed E-state index contributed by atoms with van der Waals surface area (Å²) in [4.78, 5) is 16.3. The molecule has 1 aromatic carbocycles. The highest BCUT2D eigenvalue weighted by molar-refractivity contribution is 7.90. The van der Waals surface area contributed by atoms with Crippen LogP contribution in [0.1, 0.15) is 18.4 Å². The van der Waals surface area contributed by atoms with Crippen molar-refractivity contribution in [1.82, 2.24) is 9.80 Å². The van der Waals surface area contributed by atoms with Crippen LogP contribution in [0.25, 0.3) is 0 Å². The Kier molecular flexibility index (Phi) is 7.55. The van der Waals surface area contributed by atoms with Crippen molar-refractivity contribution in [1.29, 1.82) is 0 Å². The molecule has 1 saturated heterocycles. The first-order valence-corrected chi connectivity index (χ1v) is 11.2. The van der Waals surface area contributed by atoms with E-state index in [2.05, 4.69) is 4.90 Å². The zero-order chi connectivity index (χ0) is 18.4. The molecule has 1 heterocycles. The van der Waals surface area contributed by atoms with Gasteiger partial charge >= 0.3 is 0 Å². The summed E-state index contributed by atoms with van der Waals surface area (Å²) in [7, 11) is -2.94. The zero-order valence-electron chi connectivity index (χ0n) is 14.4. The lowest BCUT2D eigenvalue weighted by molar-refractivity contribution is -0.133. The molecule has 2 rings (SSSR count). The van der Waals surface area contributed by atoms with E-state index in [9.17, 15) is 13.2 Å². The standard InChI is InChI=1S/C17H24Cl2N2O3S/c1-25(23,24)12-11-20-7-9-21(10-8-20)17(22)4-2-3-14-5-6-15(18)16(19)13-14/h5-6,13H,2-4,7-12H2,1H3. The molecule has 1 amide bonds. The topological polar surface area (TPSA) is 57.7 Å². The first-order chi connectivity index (χ1) is 11.7. The molecule has 0 bridgehead atoms. The minimum absolute atomic E-state index is 0.155. The molecule has 1 aromatic rings. The van der Waals surface area contributed by atoms with Gasteiger partial charge in [-0.25, -0.2) is 8.42 Å². The Bertz CT molecular complexity index is 702. The number of sulfone groups is 1. The number of hydrogen-bond donors (Lipinski definition) is 0. The van der Waals surface area contributed by atoms with Gasteiger partial charge in [-0.1, -0.05) is 29.3 Å². The molecular formula is C17H24Cl2N2O3S. The first-order valence-electron chi connectivity index (χ1n) is 8.36. The lowest BCUT2D eigenvalue weighted by Crippen LogP contribution is -2.49. The molecule has 1 fully saturated rings. The van der Waals surface area contributed by atoms with E-state index in [0.717, 1.165) is 31.5 Å². The predicted molar refractivity (Wildman–Crippen MR) is 102 cm³/mol. The number of aryl methyl sites for hydroxylation is 1. The lowest BCUT2D eigenvalue weighted by atomic mass is 10.1. The number of hydrogen-bond acceptors (Lipinski definition) is 4. The fourth-order valence-corrected chi connectivity index (χ4v) is 3.72. The first kappa shape index (κ1) is 20.5. The average molecular weight is 407 g/mol. The van der Waals surface area contributed by atoms with Crippen LogP contribution >= 0.6 is 23.2 Å². The number of rotatable bonds is 7. The second-order valence-electron chi connectivity index (χ2n) is 6.45. The number of halogens is 2. The van der Waals surface area contributed by atoms with E-state index in [-0.39, 0.29) is 11.7 Å². The molecule has 0 radical (unpaired) electrons. The normalized spacial score (nSPS) is 16.2. The molecular weight excluding hydrogens is 383 g/mol. The van der Waals surface area contributed by atoms with Crippen LogP contribution < -0.4 is 0 Å². The summed E-state index contributed by atoms with van der Waals surface area (Å²) in [6.07, 6.45) is 3.31. The van der Waals surface area contributed by atoms with Gasteiger partial charge < -0.3 is 4.90 Å². The van der Waals surface area contributed by atoms with Gasteiger partial charge in [0.1, 0.15) is 9.84 Å². The van der Waals surface area contributed by atoms with Crippen molar-refractivity contribution < 1.29 is 13.2 Å². The Labute approximate surface area is 159 Å². The van der Waals surface area contributed by atoms with Gasteiger partial charge in [0.25, 0.3) is 0 Å². The van der Waals surface area contributed by atoms with Crippen LogP contribution in [-0.4, -0.2) is 68.9 Å². The van der Waals surface area contributed by atoms with Crippen molar-refractivity contribution in [3.63, 3.8) is 0 Å². The Morgan fingerprint density at radius 3 is 2.40 bits per heavy atom. The maximum absolute atomic E-state index is 12.3. The summed E-state index contributed by atoms with van der Waals surface area (Å²) in [6.45, 7) is 3.32. The van der Waals surface area contributed by atoms with Gasteiger partial charge in [0.2, 0.25) is 5.91 Å². The Hall–Kier alpha value is -0.820. The number of carbonyl (C=O) groups is 1. The van der Waals surface area contributed by atoms with Crippen LogP contribution in [0.3, 0.4) is 0 Å². The molecule has 25 heavy (non-hydrogen) atoms. The average Bonchev–Trinajstić information content (AvgIpc) is 2.56. The van der Waals surface area contributed by atoms with E-state index in [4.69, 9.17) is 23.2 Å². The fourth-order valence-electron chi connectivity index (χ4n) is 2.81. The van der Waals surface area contributed by atoms with E-state index < -0.39 is 9.84 Å². The summed E-state index contributed by atoms with van der Waals surface area (Å²) in [5.74, 6) is 0.327. The highest BCUT2D eigenvalue weighted by atomic mass is 35.5. The number of piperazine rings is 1. The Balaban J connectivity index is 1.69. The predicted octanol–water partition coefficient (Wildman–Crippen LogP) is 2.50. The van der Waals surface area contributed by atoms with E-state index in [0.29, 0.717) is 36.1 Å². The number of nitrogens with zero attached hydrogens (tertiary/aromatic N) is 2. The summed E-state index contributed by atoms with van der Waals surface area (Å²) in [5, 5.41) is 1.07. The van der Waals surface area contributed by atoms with Crippen molar-refractivity contribution in [3.05, 3.63) is 33.8 Å². The third-order valence-electron chi connectivity index (χ3n) is 4.34. The molecule has 0 aliphatic carbocycles. The van der Waals surface area contributed by atoms with E-state index in [1.807, 2.05) is 17.0 Å². The maximum Gasteiger partial charge on any atom is 0.222 e. The fraction of sp³-hybridized carbons (Fsp3) is 0.588. The van der Waals surface area contributed by atoms with Gasteiger partial charge in [0.05, 0.1) is 15.8 Å². The smallest absolute Gasteiger partial charge is 0.222 e. The van der Waals surface area contributed by atoms with Crippen LogP contribution in [0.4, 0.5) is 0 Å². The number of carbonyl (C=O) groups excluding carboxylic acids is 1. The van der Waals surface area contributed by atoms with Crippen LogP contribution in [-0.2, 0) is 21.1 Å². The minimum Gasteiger partial charge on any atom is -0.340 e. The molecule has 0 aromatic heterocycles. The molecule has 140 valence electrons. The minimum atomic E-state index is -2.94. The van der Waals surface area contributed by atoms with Crippen molar-refractivity contribution in [2.45, 2.75) is 19.3 Å². The van der Waals surface area contributed by atoms with Gasteiger partial charge in [0, 0.05) is 45.4 Å². The third-order valence-corrected chi connectivity index (χ3v) is 6.01. The van der Waals surface area contributed by atoms with Crippen LogP contribution in [0, 0.1) is 0 Å². The largest absolute Gasteiger partial charge is 0.340 e.